The zero-order valence-electron chi connectivity index (χ0n) is 10.2. The molecular formula is C14H17ClFNO. The Balaban J connectivity index is 2.03. The van der Waals surface area contributed by atoms with Crippen LogP contribution >= 0.6 is 11.6 Å². The number of carbonyl (C=O) groups excluding carboxylic acids is 1. The largest absolute Gasteiger partial charge is 0.307 e. The summed E-state index contributed by atoms with van der Waals surface area (Å²) in [6.45, 7) is 0.869. The van der Waals surface area contributed by atoms with Crippen LogP contribution in [0.4, 0.5) is 4.39 Å². The van der Waals surface area contributed by atoms with Crippen molar-refractivity contribution >= 4 is 17.4 Å². The lowest BCUT2D eigenvalue weighted by molar-refractivity contribution is -0.120. The van der Waals surface area contributed by atoms with Gasteiger partial charge in [-0.25, -0.2) is 4.39 Å². The lowest BCUT2D eigenvalue weighted by Gasteiger charge is -2.14. The lowest BCUT2D eigenvalue weighted by Crippen LogP contribution is -2.37. The molecule has 0 spiro atoms. The van der Waals surface area contributed by atoms with Gasteiger partial charge in [0.25, 0.3) is 0 Å². The van der Waals surface area contributed by atoms with Crippen LogP contribution in [0.15, 0.2) is 18.2 Å². The SMILES string of the molecule is O=C(Cc1cccc(Cl)c1F)C1CCCCCN1. The molecule has 1 aliphatic rings. The van der Waals surface area contributed by atoms with Crippen molar-refractivity contribution in [1.82, 2.24) is 5.32 Å². The van der Waals surface area contributed by atoms with E-state index in [9.17, 15) is 9.18 Å². The maximum Gasteiger partial charge on any atom is 0.154 e. The quantitative estimate of drug-likeness (QED) is 0.913. The van der Waals surface area contributed by atoms with Gasteiger partial charge in [-0.3, -0.25) is 4.79 Å². The van der Waals surface area contributed by atoms with Crippen LogP contribution in [0.25, 0.3) is 0 Å². The van der Waals surface area contributed by atoms with E-state index in [4.69, 9.17) is 11.6 Å². The summed E-state index contributed by atoms with van der Waals surface area (Å²) in [5.41, 5.74) is 0.388. The van der Waals surface area contributed by atoms with E-state index in [1.165, 1.54) is 6.07 Å². The second-order valence-corrected chi connectivity index (χ2v) is 5.12. The van der Waals surface area contributed by atoms with Crippen molar-refractivity contribution < 1.29 is 9.18 Å². The van der Waals surface area contributed by atoms with Gasteiger partial charge >= 0.3 is 0 Å². The highest BCUT2D eigenvalue weighted by Crippen LogP contribution is 2.19. The standard InChI is InChI=1S/C14H17ClFNO/c15-11-6-4-5-10(14(11)16)9-13(18)12-7-2-1-3-8-17-12/h4-6,12,17H,1-3,7-9H2. The third kappa shape index (κ3) is 3.30. The fourth-order valence-corrected chi connectivity index (χ4v) is 2.49. The minimum atomic E-state index is -0.471. The molecule has 1 aromatic rings. The Morgan fingerprint density at radius 2 is 2.22 bits per heavy atom. The van der Waals surface area contributed by atoms with Crippen molar-refractivity contribution in [3.8, 4) is 0 Å². The van der Waals surface area contributed by atoms with Crippen LogP contribution in [-0.4, -0.2) is 18.4 Å². The molecule has 1 atom stereocenters. The zero-order valence-corrected chi connectivity index (χ0v) is 11.0. The molecule has 1 heterocycles. The number of Topliss-reactive ketones (excluding diaryl/α,β-unsaturated/α-hetero) is 1. The van der Waals surface area contributed by atoms with Gasteiger partial charge in [0.1, 0.15) is 5.82 Å². The second-order valence-electron chi connectivity index (χ2n) is 4.71. The summed E-state index contributed by atoms with van der Waals surface area (Å²) in [6.07, 6.45) is 4.28. The predicted molar refractivity (Wildman–Crippen MR) is 70.4 cm³/mol. The summed E-state index contributed by atoms with van der Waals surface area (Å²) >= 11 is 5.71. The molecule has 1 aromatic carbocycles. The van der Waals surface area contributed by atoms with Crippen LogP contribution in [0.1, 0.15) is 31.2 Å². The Morgan fingerprint density at radius 1 is 1.39 bits per heavy atom. The van der Waals surface area contributed by atoms with Crippen LogP contribution in [0.2, 0.25) is 5.02 Å². The van der Waals surface area contributed by atoms with Crippen molar-refractivity contribution in [3.05, 3.63) is 34.6 Å². The molecule has 0 aromatic heterocycles. The molecule has 0 saturated carbocycles. The van der Waals surface area contributed by atoms with Gasteiger partial charge in [-0.05, 0) is 31.0 Å². The molecule has 0 amide bonds. The minimum absolute atomic E-state index is 0.0538. The number of ketones is 1. The topological polar surface area (TPSA) is 29.1 Å². The fraction of sp³-hybridized carbons (Fsp3) is 0.500. The van der Waals surface area contributed by atoms with Gasteiger partial charge in [0, 0.05) is 6.42 Å². The number of hydrogen-bond donors (Lipinski definition) is 1. The number of nitrogens with one attached hydrogen (secondary N) is 1. The van der Waals surface area contributed by atoms with Crippen molar-refractivity contribution in [1.29, 1.82) is 0 Å². The van der Waals surface area contributed by atoms with Crippen LogP contribution in [0.5, 0.6) is 0 Å². The predicted octanol–water partition coefficient (Wildman–Crippen LogP) is 3.12. The third-order valence-electron chi connectivity index (χ3n) is 3.35. The first-order chi connectivity index (χ1) is 8.68. The highest BCUT2D eigenvalue weighted by molar-refractivity contribution is 6.30. The minimum Gasteiger partial charge on any atom is -0.307 e. The molecule has 18 heavy (non-hydrogen) atoms. The monoisotopic (exact) mass is 269 g/mol. The first-order valence-corrected chi connectivity index (χ1v) is 6.75. The van der Waals surface area contributed by atoms with Gasteiger partial charge in [-0.15, -0.1) is 0 Å². The third-order valence-corrected chi connectivity index (χ3v) is 3.64. The van der Waals surface area contributed by atoms with E-state index in [0.717, 1.165) is 32.2 Å². The van der Waals surface area contributed by atoms with E-state index in [2.05, 4.69) is 5.32 Å². The molecule has 0 aliphatic carbocycles. The number of halogens is 2. The molecule has 0 bridgehead atoms. The Bertz CT molecular complexity index is 428. The Kier molecular flexibility index (Phi) is 4.72. The summed E-state index contributed by atoms with van der Waals surface area (Å²) in [5.74, 6) is -0.417. The zero-order chi connectivity index (χ0) is 13.0. The van der Waals surface area contributed by atoms with Crippen LogP contribution in [-0.2, 0) is 11.2 Å². The van der Waals surface area contributed by atoms with E-state index in [1.807, 2.05) is 0 Å². The smallest absolute Gasteiger partial charge is 0.154 e. The van der Waals surface area contributed by atoms with Crippen molar-refractivity contribution in [2.24, 2.45) is 0 Å². The number of rotatable bonds is 3. The van der Waals surface area contributed by atoms with Crippen molar-refractivity contribution in [2.45, 2.75) is 38.1 Å². The second kappa shape index (κ2) is 6.30. The van der Waals surface area contributed by atoms with Gasteiger partial charge in [0.2, 0.25) is 0 Å². The van der Waals surface area contributed by atoms with Crippen LogP contribution < -0.4 is 5.32 Å². The van der Waals surface area contributed by atoms with Crippen molar-refractivity contribution in [2.75, 3.05) is 6.54 Å². The van der Waals surface area contributed by atoms with Gasteiger partial charge in [0.15, 0.2) is 5.78 Å². The molecule has 1 saturated heterocycles. The highest BCUT2D eigenvalue weighted by atomic mass is 35.5. The molecule has 4 heteroatoms. The van der Waals surface area contributed by atoms with Gasteiger partial charge < -0.3 is 5.32 Å². The van der Waals surface area contributed by atoms with Gasteiger partial charge in [-0.1, -0.05) is 36.6 Å². The normalized spacial score (nSPS) is 20.4. The molecule has 98 valence electrons. The van der Waals surface area contributed by atoms with E-state index in [-0.39, 0.29) is 23.3 Å². The molecule has 1 aliphatic heterocycles. The number of hydrogen-bond acceptors (Lipinski definition) is 2. The van der Waals surface area contributed by atoms with Crippen molar-refractivity contribution in [3.63, 3.8) is 0 Å². The molecule has 1 unspecified atom stereocenters. The Morgan fingerprint density at radius 3 is 3.06 bits per heavy atom. The first kappa shape index (κ1) is 13.5. The first-order valence-electron chi connectivity index (χ1n) is 6.37. The summed E-state index contributed by atoms with van der Waals surface area (Å²) in [7, 11) is 0. The summed E-state index contributed by atoms with van der Waals surface area (Å²) in [4.78, 5) is 12.1. The van der Waals surface area contributed by atoms with Crippen LogP contribution in [0, 0.1) is 5.82 Å². The molecule has 1 N–H and O–H groups in total. The molecule has 0 radical (unpaired) electrons. The average Bonchev–Trinajstić information content (AvgIpc) is 2.63. The van der Waals surface area contributed by atoms with E-state index in [1.54, 1.807) is 12.1 Å². The summed E-state index contributed by atoms with van der Waals surface area (Å²) in [5, 5.41) is 3.31. The van der Waals surface area contributed by atoms with Gasteiger partial charge in [-0.2, -0.15) is 0 Å². The van der Waals surface area contributed by atoms with Gasteiger partial charge in [0.05, 0.1) is 11.1 Å². The summed E-state index contributed by atoms with van der Waals surface area (Å²) in [6, 6.07) is 4.66. The Hall–Kier alpha value is -0.930. The lowest BCUT2D eigenvalue weighted by atomic mass is 10.00. The highest BCUT2D eigenvalue weighted by Gasteiger charge is 2.21. The van der Waals surface area contributed by atoms with E-state index < -0.39 is 5.82 Å². The average molecular weight is 270 g/mol. The molecular weight excluding hydrogens is 253 g/mol. The number of benzene rings is 1. The van der Waals surface area contributed by atoms with E-state index >= 15 is 0 Å². The molecule has 1 fully saturated rings. The number of carbonyl (C=O) groups is 1. The molecule has 2 nitrogen and oxygen atoms in total. The maximum atomic E-state index is 13.7. The molecule has 2 rings (SSSR count). The van der Waals surface area contributed by atoms with Crippen LogP contribution in [0.3, 0.4) is 0 Å². The summed E-state index contributed by atoms with van der Waals surface area (Å²) < 4.78 is 13.7. The fourth-order valence-electron chi connectivity index (χ4n) is 2.30. The maximum absolute atomic E-state index is 13.7. The Labute approximate surface area is 112 Å². The van der Waals surface area contributed by atoms with E-state index in [0.29, 0.717) is 5.56 Å².